The molecule has 0 spiro atoms. The molecule has 25 heavy (non-hydrogen) atoms. The highest BCUT2D eigenvalue weighted by Crippen LogP contribution is 2.32. The molecule has 2 aromatic carbocycles. The summed E-state index contributed by atoms with van der Waals surface area (Å²) in [6.45, 7) is 0. The molecule has 0 saturated heterocycles. The van der Waals surface area contributed by atoms with E-state index in [1.54, 1.807) is 12.1 Å². The number of halogens is 3. The van der Waals surface area contributed by atoms with Gasteiger partial charge in [0.15, 0.2) is 4.90 Å². The van der Waals surface area contributed by atoms with Crippen molar-refractivity contribution in [2.24, 2.45) is 5.14 Å². The van der Waals surface area contributed by atoms with Gasteiger partial charge in [-0.2, -0.15) is 0 Å². The van der Waals surface area contributed by atoms with Gasteiger partial charge in [-0.3, -0.25) is 4.98 Å². The summed E-state index contributed by atoms with van der Waals surface area (Å²) in [7, 11) is -4.54. The first-order valence-electron chi connectivity index (χ1n) is 7.00. The van der Waals surface area contributed by atoms with Gasteiger partial charge in [0.25, 0.3) is 0 Å². The van der Waals surface area contributed by atoms with Crippen molar-refractivity contribution < 1.29 is 21.6 Å². The van der Waals surface area contributed by atoms with Crippen LogP contribution < -0.4 is 5.14 Å². The van der Waals surface area contributed by atoms with Crippen molar-refractivity contribution >= 4 is 10.0 Å². The molecule has 0 atom stereocenters. The van der Waals surface area contributed by atoms with Gasteiger partial charge in [-0.05, 0) is 35.9 Å². The third kappa shape index (κ3) is 3.40. The minimum atomic E-state index is -4.54. The van der Waals surface area contributed by atoms with Crippen LogP contribution in [-0.2, 0) is 10.0 Å². The lowest BCUT2D eigenvalue weighted by molar-refractivity contribution is 0.520. The van der Waals surface area contributed by atoms with Crippen molar-refractivity contribution in [3.8, 4) is 22.4 Å². The first kappa shape index (κ1) is 17.1. The zero-order chi connectivity index (χ0) is 18.2. The second kappa shape index (κ2) is 6.30. The SMILES string of the molecule is NS(=O)(=O)c1c(F)cc(-c2ncccc2-c2ccc(F)cc2)cc1F. The van der Waals surface area contributed by atoms with Gasteiger partial charge in [-0.25, -0.2) is 26.7 Å². The zero-order valence-electron chi connectivity index (χ0n) is 12.6. The Morgan fingerprint density at radius 3 is 2.04 bits per heavy atom. The first-order valence-corrected chi connectivity index (χ1v) is 8.55. The molecule has 0 saturated carbocycles. The van der Waals surface area contributed by atoms with E-state index < -0.39 is 32.4 Å². The summed E-state index contributed by atoms with van der Waals surface area (Å²) in [4.78, 5) is 2.92. The smallest absolute Gasteiger partial charge is 0.243 e. The highest BCUT2D eigenvalue weighted by atomic mass is 32.2. The van der Waals surface area contributed by atoms with Gasteiger partial charge in [0.1, 0.15) is 17.5 Å². The Labute approximate surface area is 141 Å². The summed E-state index contributed by atoms with van der Waals surface area (Å²) in [5.41, 5.74) is 1.33. The Balaban J connectivity index is 2.20. The van der Waals surface area contributed by atoms with E-state index in [9.17, 15) is 21.6 Å². The van der Waals surface area contributed by atoms with Crippen molar-refractivity contribution in [2.75, 3.05) is 0 Å². The van der Waals surface area contributed by atoms with Gasteiger partial charge in [0.05, 0.1) is 5.69 Å². The summed E-state index contributed by atoms with van der Waals surface area (Å²) in [5.74, 6) is -3.05. The molecule has 0 radical (unpaired) electrons. The predicted octanol–water partition coefficient (Wildman–Crippen LogP) is 3.48. The van der Waals surface area contributed by atoms with E-state index in [0.29, 0.717) is 11.1 Å². The molecule has 0 aliphatic heterocycles. The Morgan fingerprint density at radius 1 is 0.880 bits per heavy atom. The van der Waals surface area contributed by atoms with E-state index in [-0.39, 0.29) is 11.3 Å². The van der Waals surface area contributed by atoms with E-state index in [1.807, 2.05) is 0 Å². The molecule has 0 unspecified atom stereocenters. The van der Waals surface area contributed by atoms with Crippen molar-refractivity contribution in [1.29, 1.82) is 0 Å². The van der Waals surface area contributed by atoms with Crippen LogP contribution >= 0.6 is 0 Å². The average molecular weight is 364 g/mol. The normalized spacial score (nSPS) is 11.5. The van der Waals surface area contributed by atoms with E-state index in [4.69, 9.17) is 5.14 Å². The van der Waals surface area contributed by atoms with Gasteiger partial charge in [-0.15, -0.1) is 0 Å². The van der Waals surface area contributed by atoms with Gasteiger partial charge in [0, 0.05) is 17.3 Å². The minimum absolute atomic E-state index is 0.0299. The van der Waals surface area contributed by atoms with Crippen LogP contribution in [0.5, 0.6) is 0 Å². The quantitative estimate of drug-likeness (QED) is 0.773. The maximum Gasteiger partial charge on any atom is 0.243 e. The van der Waals surface area contributed by atoms with Gasteiger partial charge >= 0.3 is 0 Å². The fourth-order valence-electron chi connectivity index (χ4n) is 2.47. The van der Waals surface area contributed by atoms with Crippen LogP contribution in [0.4, 0.5) is 13.2 Å². The van der Waals surface area contributed by atoms with Gasteiger partial charge < -0.3 is 0 Å². The summed E-state index contributed by atoms with van der Waals surface area (Å²) in [6.07, 6.45) is 1.42. The number of sulfonamides is 1. The average Bonchev–Trinajstić information content (AvgIpc) is 2.53. The summed E-state index contributed by atoms with van der Waals surface area (Å²) < 4.78 is 63.9. The van der Waals surface area contributed by atoms with E-state index in [2.05, 4.69) is 4.98 Å². The standard InChI is InChI=1S/C17H11F3N2O2S/c18-12-5-3-10(4-6-12)13-2-1-7-22-16(13)11-8-14(19)17(15(20)9-11)25(21,23)24/h1-9H,(H2,21,23,24). The van der Waals surface area contributed by atoms with Crippen LogP contribution in [0.25, 0.3) is 22.4 Å². The lowest BCUT2D eigenvalue weighted by atomic mass is 9.99. The monoisotopic (exact) mass is 364 g/mol. The third-order valence-corrected chi connectivity index (χ3v) is 4.48. The van der Waals surface area contributed by atoms with Crippen molar-refractivity contribution in [3.05, 3.63) is 72.2 Å². The number of rotatable bonds is 3. The number of nitrogens with two attached hydrogens (primary N) is 1. The number of primary sulfonamides is 1. The summed E-state index contributed by atoms with van der Waals surface area (Å²) >= 11 is 0. The number of nitrogens with zero attached hydrogens (tertiary/aromatic N) is 1. The molecule has 3 aromatic rings. The first-order chi connectivity index (χ1) is 11.8. The molecule has 0 aliphatic carbocycles. The number of hydrogen-bond donors (Lipinski definition) is 1. The Morgan fingerprint density at radius 2 is 1.48 bits per heavy atom. The molecule has 4 nitrogen and oxygen atoms in total. The molecule has 1 heterocycles. The molecule has 1 aromatic heterocycles. The van der Waals surface area contributed by atoms with Gasteiger partial charge in [-0.1, -0.05) is 18.2 Å². The second-order valence-electron chi connectivity index (χ2n) is 5.22. The van der Waals surface area contributed by atoms with Crippen LogP contribution in [0.1, 0.15) is 0 Å². The minimum Gasteiger partial charge on any atom is -0.256 e. The number of hydrogen-bond acceptors (Lipinski definition) is 3. The Hall–Kier alpha value is -2.71. The van der Waals surface area contributed by atoms with Crippen LogP contribution in [0.15, 0.2) is 59.6 Å². The lowest BCUT2D eigenvalue weighted by Crippen LogP contribution is -2.16. The van der Waals surface area contributed by atoms with Crippen LogP contribution in [0, 0.1) is 17.5 Å². The fraction of sp³-hybridized carbons (Fsp3) is 0. The number of benzene rings is 2. The molecule has 0 bridgehead atoms. The molecule has 0 aliphatic rings. The van der Waals surface area contributed by atoms with E-state index >= 15 is 0 Å². The van der Waals surface area contributed by atoms with Crippen LogP contribution in [0.2, 0.25) is 0 Å². The predicted molar refractivity (Wildman–Crippen MR) is 86.4 cm³/mol. The summed E-state index contributed by atoms with van der Waals surface area (Å²) in [6, 6.07) is 10.5. The van der Waals surface area contributed by atoms with Crippen molar-refractivity contribution in [3.63, 3.8) is 0 Å². The Bertz CT molecular complexity index is 1030. The topological polar surface area (TPSA) is 73.1 Å². The summed E-state index contributed by atoms with van der Waals surface area (Å²) in [5, 5.41) is 4.82. The molecule has 3 rings (SSSR count). The highest BCUT2D eigenvalue weighted by molar-refractivity contribution is 7.89. The van der Waals surface area contributed by atoms with Crippen LogP contribution in [-0.4, -0.2) is 13.4 Å². The molecule has 8 heteroatoms. The van der Waals surface area contributed by atoms with Crippen LogP contribution in [0.3, 0.4) is 0 Å². The zero-order valence-corrected chi connectivity index (χ0v) is 13.4. The largest absolute Gasteiger partial charge is 0.256 e. The second-order valence-corrected chi connectivity index (χ2v) is 6.72. The maximum absolute atomic E-state index is 14.1. The van der Waals surface area contributed by atoms with Crippen molar-refractivity contribution in [2.45, 2.75) is 4.90 Å². The number of aromatic nitrogens is 1. The lowest BCUT2D eigenvalue weighted by Gasteiger charge is -2.11. The molecule has 0 fully saturated rings. The molecule has 0 amide bonds. The number of pyridine rings is 1. The molecule has 128 valence electrons. The molecule has 2 N–H and O–H groups in total. The van der Waals surface area contributed by atoms with E-state index in [1.165, 1.54) is 30.5 Å². The Kier molecular flexibility index (Phi) is 4.32. The molecular formula is C17H11F3N2O2S. The highest BCUT2D eigenvalue weighted by Gasteiger charge is 2.22. The third-order valence-electron chi connectivity index (χ3n) is 3.52. The fourth-order valence-corrected chi connectivity index (χ4v) is 3.13. The maximum atomic E-state index is 14.1. The van der Waals surface area contributed by atoms with Gasteiger partial charge in [0.2, 0.25) is 10.0 Å². The van der Waals surface area contributed by atoms with Crippen molar-refractivity contribution in [1.82, 2.24) is 4.98 Å². The molecular weight excluding hydrogens is 353 g/mol. The van der Waals surface area contributed by atoms with E-state index in [0.717, 1.165) is 12.1 Å².